The summed E-state index contributed by atoms with van der Waals surface area (Å²) in [5, 5.41) is 0. The normalized spacial score (nSPS) is 15.8. The van der Waals surface area contributed by atoms with Gasteiger partial charge in [-0.25, -0.2) is 17.6 Å². The van der Waals surface area contributed by atoms with E-state index in [0.29, 0.717) is 42.6 Å². The van der Waals surface area contributed by atoms with Gasteiger partial charge in [0.1, 0.15) is 6.10 Å². The minimum atomic E-state index is -0.915. The average Bonchev–Trinajstić information content (AvgIpc) is 2.88. The van der Waals surface area contributed by atoms with Gasteiger partial charge in [0.2, 0.25) is 0 Å². The Hall–Kier alpha value is -3.44. The van der Waals surface area contributed by atoms with Gasteiger partial charge in [0.15, 0.2) is 23.3 Å². The summed E-state index contributed by atoms with van der Waals surface area (Å²) >= 11 is 0. The van der Waals surface area contributed by atoms with Crippen LogP contribution in [-0.4, -0.2) is 12.7 Å². The standard InChI is InChI=1S/C30H26F4O/c1-3-19-5-10-21(11-6-19)24-16-17-25(29(33)28(24)32)22-12-7-20(8-13-22)9-14-23-15-18-26(35-4-2)30(34)27(23)31/h3,5-8,10-13,15-17,26H,1,4,9,14,18H2,2H3. The molecule has 0 aliphatic heterocycles. The van der Waals surface area contributed by atoms with Crippen LogP contribution >= 0.6 is 0 Å². The van der Waals surface area contributed by atoms with Gasteiger partial charge in [-0.05, 0) is 54.0 Å². The monoisotopic (exact) mass is 478 g/mol. The molecule has 0 radical (unpaired) electrons. The predicted molar refractivity (Wildman–Crippen MR) is 133 cm³/mol. The van der Waals surface area contributed by atoms with Crippen LogP contribution in [0.15, 0.2) is 90.5 Å². The Morgan fingerprint density at radius 1 is 0.829 bits per heavy atom. The lowest BCUT2D eigenvalue weighted by Crippen LogP contribution is -2.17. The first-order valence-electron chi connectivity index (χ1n) is 11.6. The first-order chi connectivity index (χ1) is 16.9. The van der Waals surface area contributed by atoms with Crippen LogP contribution in [0.2, 0.25) is 0 Å². The lowest BCUT2D eigenvalue weighted by atomic mass is 9.95. The molecule has 0 saturated heterocycles. The fourth-order valence-corrected chi connectivity index (χ4v) is 4.22. The molecule has 0 saturated carbocycles. The van der Waals surface area contributed by atoms with E-state index in [4.69, 9.17) is 4.74 Å². The van der Waals surface area contributed by atoms with Gasteiger partial charge in [0.05, 0.1) is 0 Å². The molecule has 3 aromatic rings. The number of allylic oxidation sites excluding steroid dienone is 2. The maximum absolute atomic E-state index is 14.9. The van der Waals surface area contributed by atoms with Crippen LogP contribution in [0.4, 0.5) is 17.6 Å². The second-order valence-electron chi connectivity index (χ2n) is 8.38. The number of hydrogen-bond donors (Lipinski definition) is 0. The van der Waals surface area contributed by atoms with Gasteiger partial charge in [-0.15, -0.1) is 0 Å². The molecule has 1 aliphatic carbocycles. The van der Waals surface area contributed by atoms with E-state index < -0.39 is 29.4 Å². The third-order valence-electron chi connectivity index (χ3n) is 6.21. The molecule has 0 amide bonds. The van der Waals surface area contributed by atoms with E-state index in [1.165, 1.54) is 0 Å². The Bertz CT molecular complexity index is 1270. The summed E-state index contributed by atoms with van der Waals surface area (Å²) in [7, 11) is 0. The Labute approximate surface area is 203 Å². The fourth-order valence-electron chi connectivity index (χ4n) is 4.22. The molecular weight excluding hydrogens is 452 g/mol. The van der Waals surface area contributed by atoms with Crippen molar-refractivity contribution in [1.29, 1.82) is 0 Å². The van der Waals surface area contributed by atoms with E-state index in [1.54, 1.807) is 79.7 Å². The molecule has 0 bridgehead atoms. The minimum Gasteiger partial charge on any atom is -0.371 e. The fraction of sp³-hybridized carbons (Fsp3) is 0.200. The Morgan fingerprint density at radius 2 is 1.40 bits per heavy atom. The smallest absolute Gasteiger partial charge is 0.167 e. The Kier molecular flexibility index (Phi) is 7.67. The molecule has 0 heterocycles. The molecule has 0 fully saturated rings. The summed E-state index contributed by atoms with van der Waals surface area (Å²) < 4.78 is 63.6. The van der Waals surface area contributed by atoms with E-state index in [0.717, 1.165) is 11.1 Å². The number of benzene rings is 3. The van der Waals surface area contributed by atoms with Crippen molar-refractivity contribution < 1.29 is 22.3 Å². The van der Waals surface area contributed by atoms with Crippen molar-refractivity contribution in [2.75, 3.05) is 6.61 Å². The first kappa shape index (κ1) is 24.7. The zero-order valence-corrected chi connectivity index (χ0v) is 19.5. The van der Waals surface area contributed by atoms with Gasteiger partial charge in [-0.1, -0.05) is 79.4 Å². The number of halogens is 4. The molecule has 4 rings (SSSR count). The molecule has 0 spiro atoms. The number of hydrogen-bond acceptors (Lipinski definition) is 1. The maximum Gasteiger partial charge on any atom is 0.167 e. The highest BCUT2D eigenvalue weighted by atomic mass is 19.2. The molecule has 35 heavy (non-hydrogen) atoms. The van der Waals surface area contributed by atoms with Crippen molar-refractivity contribution in [2.45, 2.75) is 32.3 Å². The quantitative estimate of drug-likeness (QED) is 0.294. The predicted octanol–water partition coefficient (Wildman–Crippen LogP) is 8.76. The zero-order chi connectivity index (χ0) is 24.9. The average molecular weight is 479 g/mol. The molecule has 0 N–H and O–H groups in total. The largest absolute Gasteiger partial charge is 0.371 e. The van der Waals surface area contributed by atoms with Crippen LogP contribution in [0.1, 0.15) is 30.9 Å². The molecule has 1 aliphatic rings. The van der Waals surface area contributed by atoms with Crippen LogP contribution in [-0.2, 0) is 11.2 Å². The van der Waals surface area contributed by atoms with E-state index in [9.17, 15) is 17.6 Å². The van der Waals surface area contributed by atoms with Crippen LogP contribution < -0.4 is 0 Å². The molecule has 1 unspecified atom stereocenters. The minimum absolute atomic E-state index is 0.161. The summed E-state index contributed by atoms with van der Waals surface area (Å²) in [5.74, 6) is -3.51. The summed E-state index contributed by atoms with van der Waals surface area (Å²) in [4.78, 5) is 0. The second-order valence-corrected chi connectivity index (χ2v) is 8.38. The molecule has 1 atom stereocenters. The number of ether oxygens (including phenoxy) is 1. The van der Waals surface area contributed by atoms with Crippen LogP contribution in [0.3, 0.4) is 0 Å². The van der Waals surface area contributed by atoms with E-state index in [-0.39, 0.29) is 11.1 Å². The Balaban J connectivity index is 1.47. The van der Waals surface area contributed by atoms with Crippen molar-refractivity contribution in [3.8, 4) is 22.3 Å². The second kappa shape index (κ2) is 10.9. The summed E-state index contributed by atoms with van der Waals surface area (Å²) in [5.41, 5.74) is 3.57. The molecule has 5 heteroatoms. The molecular formula is C30H26F4O. The number of rotatable bonds is 8. The zero-order valence-electron chi connectivity index (χ0n) is 19.5. The summed E-state index contributed by atoms with van der Waals surface area (Å²) in [6, 6.07) is 17.2. The van der Waals surface area contributed by atoms with Gasteiger partial charge in [-0.2, -0.15) is 0 Å². The highest BCUT2D eigenvalue weighted by Crippen LogP contribution is 2.34. The topological polar surface area (TPSA) is 9.23 Å². The van der Waals surface area contributed by atoms with Crippen molar-refractivity contribution in [1.82, 2.24) is 0 Å². The SMILES string of the molecule is C=Cc1ccc(-c2ccc(-c3ccc(CCC4=CCC(OCC)C(F)=C4F)cc3)c(F)c2F)cc1. The molecule has 180 valence electrons. The first-order valence-corrected chi connectivity index (χ1v) is 11.6. The van der Waals surface area contributed by atoms with Crippen molar-refractivity contribution in [2.24, 2.45) is 0 Å². The summed E-state index contributed by atoms with van der Waals surface area (Å²) in [6.07, 6.45) is 3.64. The molecule has 1 nitrogen and oxygen atoms in total. The summed E-state index contributed by atoms with van der Waals surface area (Å²) in [6.45, 7) is 5.75. The van der Waals surface area contributed by atoms with Gasteiger partial charge >= 0.3 is 0 Å². The highest BCUT2D eigenvalue weighted by Gasteiger charge is 2.25. The van der Waals surface area contributed by atoms with Crippen molar-refractivity contribution in [3.63, 3.8) is 0 Å². The van der Waals surface area contributed by atoms with Gasteiger partial charge < -0.3 is 4.74 Å². The Morgan fingerprint density at radius 3 is 1.94 bits per heavy atom. The van der Waals surface area contributed by atoms with Crippen molar-refractivity contribution in [3.05, 3.63) is 113 Å². The third kappa shape index (κ3) is 5.30. The van der Waals surface area contributed by atoms with Crippen LogP contribution in [0.25, 0.3) is 28.3 Å². The van der Waals surface area contributed by atoms with Crippen molar-refractivity contribution >= 4 is 6.08 Å². The van der Waals surface area contributed by atoms with Crippen LogP contribution in [0, 0.1) is 11.6 Å². The molecule has 0 aromatic heterocycles. The van der Waals surface area contributed by atoms with Crippen LogP contribution in [0.5, 0.6) is 0 Å². The third-order valence-corrected chi connectivity index (χ3v) is 6.21. The van der Waals surface area contributed by atoms with E-state index in [1.807, 2.05) is 0 Å². The molecule has 3 aromatic carbocycles. The lowest BCUT2D eigenvalue weighted by Gasteiger charge is -2.20. The van der Waals surface area contributed by atoms with Gasteiger partial charge in [0.25, 0.3) is 0 Å². The maximum atomic E-state index is 14.9. The lowest BCUT2D eigenvalue weighted by molar-refractivity contribution is 0.0698. The van der Waals surface area contributed by atoms with E-state index in [2.05, 4.69) is 6.58 Å². The van der Waals surface area contributed by atoms with Gasteiger partial charge in [0, 0.05) is 17.7 Å². The highest BCUT2D eigenvalue weighted by molar-refractivity contribution is 5.72. The van der Waals surface area contributed by atoms with Gasteiger partial charge in [-0.3, -0.25) is 0 Å². The number of aryl methyl sites for hydroxylation is 1. The van der Waals surface area contributed by atoms with E-state index >= 15 is 0 Å².